The van der Waals surface area contributed by atoms with Crippen LogP contribution in [0.15, 0.2) is 0 Å². The molecular weight excluding hydrogens is 251 g/mol. The Labute approximate surface area is 96.8 Å². The highest BCUT2D eigenvalue weighted by molar-refractivity contribution is 7.80. The second-order valence-electron chi connectivity index (χ2n) is 3.90. The monoisotopic (exact) mass is 266 g/mol. The summed E-state index contributed by atoms with van der Waals surface area (Å²) >= 11 is 3.97. The van der Waals surface area contributed by atoms with E-state index in [1.165, 1.54) is 0 Å². The zero-order chi connectivity index (χ0) is 13.0. The van der Waals surface area contributed by atoms with E-state index in [0.717, 1.165) is 0 Å². The van der Waals surface area contributed by atoms with Gasteiger partial charge in [-0.2, -0.15) is 34.6 Å². The van der Waals surface area contributed by atoms with Crippen LogP contribution >= 0.6 is 12.6 Å². The highest BCUT2D eigenvalue weighted by atomic mass is 32.1. The van der Waals surface area contributed by atoms with Gasteiger partial charge in [-0.15, -0.1) is 0 Å². The predicted molar refractivity (Wildman–Crippen MR) is 54.0 cm³/mol. The lowest BCUT2D eigenvalue weighted by atomic mass is 9.99. The molecule has 0 aliphatic rings. The van der Waals surface area contributed by atoms with Crippen LogP contribution in [0, 0.1) is 11.8 Å². The van der Waals surface area contributed by atoms with Crippen molar-refractivity contribution in [3.05, 3.63) is 0 Å². The van der Waals surface area contributed by atoms with Crippen molar-refractivity contribution in [1.29, 1.82) is 0 Å². The SMILES string of the molecule is CC(C)C(CS)COCC(F)(F)C(F)(F)F. The molecule has 0 bridgehead atoms. The molecule has 1 nitrogen and oxygen atoms in total. The molecule has 0 saturated heterocycles. The predicted octanol–water partition coefficient (Wildman–Crippen LogP) is 3.40. The molecule has 0 fully saturated rings. The first kappa shape index (κ1) is 16.0. The van der Waals surface area contributed by atoms with Gasteiger partial charge in [-0.3, -0.25) is 0 Å². The van der Waals surface area contributed by atoms with Gasteiger partial charge in [-0.1, -0.05) is 13.8 Å². The number of hydrogen-bond acceptors (Lipinski definition) is 2. The molecule has 0 aliphatic carbocycles. The van der Waals surface area contributed by atoms with Gasteiger partial charge in [-0.05, 0) is 17.6 Å². The minimum absolute atomic E-state index is 0.122. The minimum atomic E-state index is -5.55. The van der Waals surface area contributed by atoms with Gasteiger partial charge in [-0.25, -0.2) is 0 Å². The van der Waals surface area contributed by atoms with Crippen molar-refractivity contribution in [2.24, 2.45) is 11.8 Å². The Kier molecular flexibility index (Phi) is 6.03. The number of halogens is 5. The first-order chi connectivity index (χ1) is 7.12. The van der Waals surface area contributed by atoms with Gasteiger partial charge in [0.15, 0.2) is 0 Å². The third-order valence-corrected chi connectivity index (χ3v) is 2.68. The van der Waals surface area contributed by atoms with Gasteiger partial charge in [0.25, 0.3) is 0 Å². The molecule has 7 heteroatoms. The summed E-state index contributed by atoms with van der Waals surface area (Å²) in [6.07, 6.45) is -5.55. The molecule has 98 valence electrons. The molecule has 1 unspecified atom stereocenters. The standard InChI is InChI=1S/C9H15F5OS/c1-6(2)7(4-16)3-15-5-8(10,11)9(12,13)14/h6-7,16H,3-5H2,1-2H3. The van der Waals surface area contributed by atoms with Crippen LogP contribution in [-0.2, 0) is 4.74 Å². The fraction of sp³-hybridized carbons (Fsp3) is 1.00. The van der Waals surface area contributed by atoms with Crippen LogP contribution in [0.3, 0.4) is 0 Å². The molecular formula is C9H15F5OS. The molecule has 0 N–H and O–H groups in total. The van der Waals surface area contributed by atoms with Crippen molar-refractivity contribution in [1.82, 2.24) is 0 Å². The third kappa shape index (κ3) is 4.86. The third-order valence-electron chi connectivity index (χ3n) is 2.21. The summed E-state index contributed by atoms with van der Waals surface area (Å²) in [5.41, 5.74) is 0. The van der Waals surface area contributed by atoms with E-state index in [9.17, 15) is 22.0 Å². The highest BCUT2D eigenvalue weighted by Gasteiger charge is 2.57. The molecule has 16 heavy (non-hydrogen) atoms. The summed E-state index contributed by atoms with van der Waals surface area (Å²) < 4.78 is 64.5. The van der Waals surface area contributed by atoms with Gasteiger partial charge in [0.2, 0.25) is 0 Å². The van der Waals surface area contributed by atoms with Crippen LogP contribution in [0.2, 0.25) is 0 Å². The lowest BCUT2D eigenvalue weighted by Gasteiger charge is -2.22. The Morgan fingerprint density at radius 1 is 1.12 bits per heavy atom. The minimum Gasteiger partial charge on any atom is -0.374 e. The number of alkyl halides is 5. The second kappa shape index (κ2) is 6.05. The normalized spacial score (nSPS) is 15.6. The first-order valence-corrected chi connectivity index (χ1v) is 5.38. The van der Waals surface area contributed by atoms with E-state index in [0.29, 0.717) is 5.75 Å². The molecule has 1 atom stereocenters. The van der Waals surface area contributed by atoms with Crippen molar-refractivity contribution in [2.75, 3.05) is 19.0 Å². The summed E-state index contributed by atoms with van der Waals surface area (Å²) in [4.78, 5) is 0. The highest BCUT2D eigenvalue weighted by Crippen LogP contribution is 2.35. The zero-order valence-electron chi connectivity index (χ0n) is 9.02. The molecule has 0 spiro atoms. The molecule has 0 rings (SSSR count). The summed E-state index contributed by atoms with van der Waals surface area (Å²) in [5.74, 6) is -4.41. The van der Waals surface area contributed by atoms with Crippen LogP contribution in [0.5, 0.6) is 0 Å². The van der Waals surface area contributed by atoms with Gasteiger partial charge in [0.05, 0.1) is 6.61 Å². The van der Waals surface area contributed by atoms with Crippen LogP contribution in [0.25, 0.3) is 0 Å². The lowest BCUT2D eigenvalue weighted by molar-refractivity contribution is -0.297. The Balaban J connectivity index is 4.07. The van der Waals surface area contributed by atoms with Crippen molar-refractivity contribution in [3.8, 4) is 0 Å². The van der Waals surface area contributed by atoms with Crippen molar-refractivity contribution >= 4 is 12.6 Å². The van der Waals surface area contributed by atoms with E-state index in [1.807, 2.05) is 13.8 Å². The average Bonchev–Trinajstić information content (AvgIpc) is 2.09. The molecule has 0 radical (unpaired) electrons. The largest absolute Gasteiger partial charge is 0.455 e. The van der Waals surface area contributed by atoms with Crippen LogP contribution in [0.1, 0.15) is 13.8 Å². The lowest BCUT2D eigenvalue weighted by Crippen LogP contribution is -2.41. The van der Waals surface area contributed by atoms with E-state index in [1.54, 1.807) is 0 Å². The van der Waals surface area contributed by atoms with Gasteiger partial charge >= 0.3 is 12.1 Å². The summed E-state index contributed by atoms with van der Waals surface area (Å²) in [6, 6.07) is 0. The Morgan fingerprint density at radius 2 is 1.62 bits per heavy atom. The van der Waals surface area contributed by atoms with Gasteiger partial charge < -0.3 is 4.74 Å². The maximum absolute atomic E-state index is 12.4. The van der Waals surface area contributed by atoms with Gasteiger partial charge in [0, 0.05) is 0 Å². The van der Waals surface area contributed by atoms with Crippen LogP contribution in [0.4, 0.5) is 22.0 Å². The van der Waals surface area contributed by atoms with Crippen molar-refractivity contribution in [2.45, 2.75) is 25.9 Å². The van der Waals surface area contributed by atoms with E-state index < -0.39 is 18.7 Å². The topological polar surface area (TPSA) is 9.23 Å². The Hall–Kier alpha value is -0.0400. The second-order valence-corrected chi connectivity index (χ2v) is 4.27. The van der Waals surface area contributed by atoms with Crippen molar-refractivity contribution < 1.29 is 26.7 Å². The molecule has 0 aromatic rings. The molecule has 0 aliphatic heterocycles. The summed E-state index contributed by atoms with van der Waals surface area (Å²) in [5, 5.41) is 0. The van der Waals surface area contributed by atoms with Crippen molar-refractivity contribution in [3.63, 3.8) is 0 Å². The first-order valence-electron chi connectivity index (χ1n) is 4.75. The number of thiol groups is 1. The van der Waals surface area contributed by atoms with Gasteiger partial charge in [0.1, 0.15) is 6.61 Å². The number of rotatable bonds is 6. The number of hydrogen-bond donors (Lipinski definition) is 1. The van der Waals surface area contributed by atoms with Crippen LogP contribution < -0.4 is 0 Å². The maximum Gasteiger partial charge on any atom is 0.455 e. The van der Waals surface area contributed by atoms with E-state index in [4.69, 9.17) is 0 Å². The average molecular weight is 266 g/mol. The summed E-state index contributed by atoms with van der Waals surface area (Å²) in [7, 11) is 0. The van der Waals surface area contributed by atoms with E-state index in [2.05, 4.69) is 17.4 Å². The molecule has 0 aromatic carbocycles. The van der Waals surface area contributed by atoms with E-state index in [-0.39, 0.29) is 18.4 Å². The molecule has 0 heterocycles. The molecule has 0 saturated carbocycles. The van der Waals surface area contributed by atoms with Crippen LogP contribution in [-0.4, -0.2) is 31.1 Å². The Bertz CT molecular complexity index is 205. The molecule has 0 amide bonds. The summed E-state index contributed by atoms with van der Waals surface area (Å²) in [6.45, 7) is 1.87. The zero-order valence-corrected chi connectivity index (χ0v) is 9.92. The smallest absolute Gasteiger partial charge is 0.374 e. The Morgan fingerprint density at radius 3 is 1.94 bits per heavy atom. The fourth-order valence-electron chi connectivity index (χ4n) is 0.876. The maximum atomic E-state index is 12.4. The number of ether oxygens (including phenoxy) is 1. The van der Waals surface area contributed by atoms with E-state index >= 15 is 0 Å². The molecule has 0 aromatic heterocycles. The quantitative estimate of drug-likeness (QED) is 0.572. The fourth-order valence-corrected chi connectivity index (χ4v) is 1.40.